The zero-order valence-corrected chi connectivity index (χ0v) is 11.7. The van der Waals surface area contributed by atoms with Gasteiger partial charge in [0.15, 0.2) is 11.5 Å². The molecule has 0 amide bonds. The van der Waals surface area contributed by atoms with Crippen LogP contribution < -0.4 is 14.2 Å². The summed E-state index contributed by atoms with van der Waals surface area (Å²) in [6.45, 7) is 0.226. The Labute approximate surface area is 127 Å². The van der Waals surface area contributed by atoms with Crippen LogP contribution in [0, 0.1) is 0 Å². The number of hydrogen-bond donors (Lipinski definition) is 1. The van der Waals surface area contributed by atoms with Crippen molar-refractivity contribution in [1.29, 1.82) is 0 Å². The summed E-state index contributed by atoms with van der Waals surface area (Å²) < 4.78 is 16.8. The van der Waals surface area contributed by atoms with Crippen LogP contribution in [-0.2, 0) is 6.42 Å². The van der Waals surface area contributed by atoms with Crippen LogP contribution in [0.4, 0.5) is 0 Å². The second kappa shape index (κ2) is 4.94. The molecule has 0 radical (unpaired) electrons. The topological polar surface area (TPSA) is 65.0 Å². The molecule has 1 N–H and O–H groups in total. The first-order valence-corrected chi connectivity index (χ1v) is 7.14. The number of aryl methyl sites for hydroxylation is 1. The minimum Gasteiger partial charge on any atom is -0.485 e. The van der Waals surface area contributed by atoms with Crippen molar-refractivity contribution in [2.75, 3.05) is 6.79 Å². The van der Waals surface area contributed by atoms with E-state index in [1.165, 1.54) is 0 Å². The van der Waals surface area contributed by atoms with Gasteiger partial charge < -0.3 is 19.3 Å². The third-order valence-electron chi connectivity index (χ3n) is 4.04. The fourth-order valence-electron chi connectivity index (χ4n) is 2.96. The van der Waals surface area contributed by atoms with E-state index in [-0.39, 0.29) is 18.5 Å². The maximum Gasteiger partial charge on any atom is 0.336 e. The van der Waals surface area contributed by atoms with Gasteiger partial charge in [-0.05, 0) is 30.5 Å². The molecule has 0 saturated carbocycles. The summed E-state index contributed by atoms with van der Waals surface area (Å²) >= 11 is 0. The van der Waals surface area contributed by atoms with Crippen molar-refractivity contribution < 1.29 is 24.1 Å². The molecule has 0 bridgehead atoms. The SMILES string of the molecule is O=C(O)c1ccccc1C1CCc2cc3c(cc2O1)OCO3. The van der Waals surface area contributed by atoms with E-state index in [4.69, 9.17) is 14.2 Å². The van der Waals surface area contributed by atoms with Gasteiger partial charge in [-0.25, -0.2) is 4.79 Å². The Morgan fingerprint density at radius 1 is 1.09 bits per heavy atom. The molecule has 0 spiro atoms. The summed E-state index contributed by atoms with van der Waals surface area (Å²) in [4.78, 5) is 11.4. The fraction of sp³-hybridized carbons (Fsp3) is 0.235. The molecule has 0 fully saturated rings. The van der Waals surface area contributed by atoms with Crippen LogP contribution in [0.1, 0.15) is 34.0 Å². The van der Waals surface area contributed by atoms with E-state index in [1.54, 1.807) is 12.1 Å². The predicted octanol–water partition coefficient (Wildman–Crippen LogP) is 3.18. The van der Waals surface area contributed by atoms with E-state index >= 15 is 0 Å². The normalized spacial score (nSPS) is 18.5. The number of carboxylic acids is 1. The van der Waals surface area contributed by atoms with Crippen molar-refractivity contribution in [3.63, 3.8) is 0 Å². The van der Waals surface area contributed by atoms with Crippen LogP contribution >= 0.6 is 0 Å². The lowest BCUT2D eigenvalue weighted by Crippen LogP contribution is -2.18. The average Bonchev–Trinajstić information content (AvgIpc) is 2.99. The van der Waals surface area contributed by atoms with E-state index in [1.807, 2.05) is 24.3 Å². The van der Waals surface area contributed by atoms with Crippen LogP contribution in [0.5, 0.6) is 17.2 Å². The second-order valence-electron chi connectivity index (χ2n) is 5.35. The molecular formula is C17H14O5. The first-order valence-electron chi connectivity index (χ1n) is 7.14. The van der Waals surface area contributed by atoms with Crippen molar-refractivity contribution in [1.82, 2.24) is 0 Å². The second-order valence-corrected chi connectivity index (χ2v) is 5.35. The number of carbonyl (C=O) groups is 1. The molecule has 0 saturated heterocycles. The van der Waals surface area contributed by atoms with E-state index in [0.29, 0.717) is 11.3 Å². The number of fused-ring (bicyclic) bond motifs is 2. The van der Waals surface area contributed by atoms with E-state index < -0.39 is 5.97 Å². The number of carboxylic acid groups (broad SMARTS) is 1. The van der Waals surface area contributed by atoms with Gasteiger partial charge in [-0.15, -0.1) is 0 Å². The Balaban J connectivity index is 1.69. The highest BCUT2D eigenvalue weighted by molar-refractivity contribution is 5.89. The maximum atomic E-state index is 11.4. The lowest BCUT2D eigenvalue weighted by Gasteiger charge is -2.27. The van der Waals surface area contributed by atoms with Gasteiger partial charge in [0.05, 0.1) is 5.56 Å². The van der Waals surface area contributed by atoms with E-state index in [0.717, 1.165) is 29.9 Å². The lowest BCUT2D eigenvalue weighted by molar-refractivity contribution is 0.0689. The molecule has 0 aromatic heterocycles. The first-order chi connectivity index (χ1) is 10.7. The highest BCUT2D eigenvalue weighted by Gasteiger charge is 2.27. The zero-order chi connectivity index (χ0) is 15.1. The smallest absolute Gasteiger partial charge is 0.336 e. The van der Waals surface area contributed by atoms with E-state index in [2.05, 4.69) is 0 Å². The van der Waals surface area contributed by atoms with Crippen LogP contribution in [0.25, 0.3) is 0 Å². The van der Waals surface area contributed by atoms with Gasteiger partial charge in [0.2, 0.25) is 6.79 Å². The van der Waals surface area contributed by atoms with Gasteiger partial charge in [-0.3, -0.25) is 0 Å². The number of hydrogen-bond acceptors (Lipinski definition) is 4. The van der Waals surface area contributed by atoms with Gasteiger partial charge >= 0.3 is 5.97 Å². The minimum atomic E-state index is -0.935. The number of aromatic carboxylic acids is 1. The number of ether oxygens (including phenoxy) is 3. The molecule has 2 heterocycles. The zero-order valence-electron chi connectivity index (χ0n) is 11.7. The average molecular weight is 298 g/mol. The molecular weight excluding hydrogens is 284 g/mol. The maximum absolute atomic E-state index is 11.4. The van der Waals surface area contributed by atoms with Crippen LogP contribution in [0.15, 0.2) is 36.4 Å². The van der Waals surface area contributed by atoms with Gasteiger partial charge in [-0.2, -0.15) is 0 Å². The van der Waals surface area contributed by atoms with Crippen LogP contribution in [-0.4, -0.2) is 17.9 Å². The van der Waals surface area contributed by atoms with Crippen molar-refractivity contribution in [2.45, 2.75) is 18.9 Å². The quantitative estimate of drug-likeness (QED) is 0.922. The summed E-state index contributed by atoms with van der Waals surface area (Å²) in [5, 5.41) is 9.33. The molecule has 2 aliphatic rings. The van der Waals surface area contributed by atoms with E-state index in [9.17, 15) is 9.90 Å². The summed E-state index contributed by atoms with van der Waals surface area (Å²) in [7, 11) is 0. The number of benzene rings is 2. The van der Waals surface area contributed by atoms with Crippen molar-refractivity contribution in [2.24, 2.45) is 0 Å². The highest BCUT2D eigenvalue weighted by Crippen LogP contribution is 2.43. The molecule has 22 heavy (non-hydrogen) atoms. The monoisotopic (exact) mass is 298 g/mol. The van der Waals surface area contributed by atoms with Gasteiger partial charge in [0.1, 0.15) is 11.9 Å². The number of rotatable bonds is 2. The van der Waals surface area contributed by atoms with Crippen molar-refractivity contribution in [3.05, 3.63) is 53.1 Å². The Morgan fingerprint density at radius 2 is 1.86 bits per heavy atom. The Bertz CT molecular complexity index is 753. The standard InChI is InChI=1S/C17H14O5/c18-17(19)12-4-2-1-3-11(12)13-6-5-10-7-15-16(21-9-20-15)8-14(10)22-13/h1-4,7-8,13H,5-6,9H2,(H,18,19). The third kappa shape index (κ3) is 2.06. The van der Waals surface area contributed by atoms with Crippen molar-refractivity contribution >= 4 is 5.97 Å². The molecule has 5 nitrogen and oxygen atoms in total. The Morgan fingerprint density at radius 3 is 2.68 bits per heavy atom. The summed E-state index contributed by atoms with van der Waals surface area (Å²) in [6.07, 6.45) is 1.28. The van der Waals surface area contributed by atoms with Crippen LogP contribution in [0.2, 0.25) is 0 Å². The fourth-order valence-corrected chi connectivity index (χ4v) is 2.96. The predicted molar refractivity (Wildman–Crippen MR) is 77.7 cm³/mol. The largest absolute Gasteiger partial charge is 0.485 e. The summed E-state index contributed by atoms with van der Waals surface area (Å²) in [5.74, 6) is 1.22. The highest BCUT2D eigenvalue weighted by atomic mass is 16.7. The molecule has 112 valence electrons. The Hall–Kier alpha value is -2.69. The molecule has 0 aliphatic carbocycles. The van der Waals surface area contributed by atoms with Crippen LogP contribution in [0.3, 0.4) is 0 Å². The lowest BCUT2D eigenvalue weighted by atomic mass is 9.94. The summed E-state index contributed by atoms with van der Waals surface area (Å²) in [6, 6.07) is 10.7. The molecule has 4 rings (SSSR count). The molecule has 2 aliphatic heterocycles. The molecule has 5 heteroatoms. The molecule has 2 aromatic rings. The molecule has 1 atom stereocenters. The Kier molecular flexibility index (Phi) is 2.92. The molecule has 2 aromatic carbocycles. The van der Waals surface area contributed by atoms with Gasteiger partial charge in [-0.1, -0.05) is 18.2 Å². The third-order valence-corrected chi connectivity index (χ3v) is 4.04. The van der Waals surface area contributed by atoms with Crippen molar-refractivity contribution in [3.8, 4) is 17.2 Å². The van der Waals surface area contributed by atoms with Gasteiger partial charge in [0, 0.05) is 11.6 Å². The minimum absolute atomic E-state index is 0.226. The summed E-state index contributed by atoms with van der Waals surface area (Å²) in [5.41, 5.74) is 2.06. The van der Waals surface area contributed by atoms with Gasteiger partial charge in [0.25, 0.3) is 0 Å². The first kappa shape index (κ1) is 13.0. The molecule has 1 unspecified atom stereocenters.